The maximum absolute atomic E-state index is 11.1. The second kappa shape index (κ2) is 4.54. The second-order valence-electron chi connectivity index (χ2n) is 5.88. The number of hydrogen-bond donors (Lipinski definition) is 1. The molecule has 0 spiro atoms. The highest BCUT2D eigenvalue weighted by atomic mass is 16.4. The molecule has 0 unspecified atom stereocenters. The third-order valence-corrected chi connectivity index (χ3v) is 4.29. The molecule has 2 heteroatoms. The lowest BCUT2D eigenvalue weighted by Crippen LogP contribution is -2.35. The molecule has 0 atom stereocenters. The first-order chi connectivity index (χ1) is 6.85. The van der Waals surface area contributed by atoms with Gasteiger partial charge in [-0.1, -0.05) is 13.8 Å². The normalized spacial score (nSPS) is 28.1. The van der Waals surface area contributed by atoms with E-state index in [1.54, 1.807) is 0 Å². The quantitative estimate of drug-likeness (QED) is 0.776. The van der Waals surface area contributed by atoms with E-state index in [2.05, 4.69) is 13.8 Å². The van der Waals surface area contributed by atoms with Crippen LogP contribution in [0.1, 0.15) is 53.4 Å². The predicted molar refractivity (Wildman–Crippen MR) is 61.7 cm³/mol. The van der Waals surface area contributed by atoms with Crippen molar-refractivity contribution < 1.29 is 9.90 Å². The molecule has 0 amide bonds. The summed E-state index contributed by atoms with van der Waals surface area (Å²) in [7, 11) is 0. The fourth-order valence-corrected chi connectivity index (χ4v) is 2.68. The molecule has 1 saturated carbocycles. The molecule has 88 valence electrons. The van der Waals surface area contributed by atoms with Crippen molar-refractivity contribution in [3.8, 4) is 0 Å². The summed E-state index contributed by atoms with van der Waals surface area (Å²) in [5.74, 6) is 1.28. The molecule has 0 aliphatic heterocycles. The Kier molecular flexibility index (Phi) is 3.80. The van der Waals surface area contributed by atoms with E-state index < -0.39 is 11.4 Å². The van der Waals surface area contributed by atoms with Gasteiger partial charge in [-0.05, 0) is 57.3 Å². The zero-order valence-corrected chi connectivity index (χ0v) is 10.4. The summed E-state index contributed by atoms with van der Waals surface area (Å²) in [6, 6.07) is 0. The van der Waals surface area contributed by atoms with E-state index in [1.165, 1.54) is 12.8 Å². The molecule has 1 aliphatic rings. The fraction of sp³-hybridized carbons (Fsp3) is 0.923. The van der Waals surface area contributed by atoms with Crippen molar-refractivity contribution in [1.82, 2.24) is 0 Å². The largest absolute Gasteiger partial charge is 0.481 e. The van der Waals surface area contributed by atoms with Crippen molar-refractivity contribution in [3.63, 3.8) is 0 Å². The third-order valence-electron chi connectivity index (χ3n) is 4.29. The first-order valence-corrected chi connectivity index (χ1v) is 6.09. The van der Waals surface area contributed by atoms with Crippen LogP contribution in [0.4, 0.5) is 0 Å². The maximum Gasteiger partial charge on any atom is 0.309 e. The average molecular weight is 212 g/mol. The van der Waals surface area contributed by atoms with Crippen LogP contribution < -0.4 is 0 Å². The number of hydrogen-bond acceptors (Lipinski definition) is 1. The van der Waals surface area contributed by atoms with Crippen LogP contribution in [0.3, 0.4) is 0 Å². The number of rotatable bonds is 3. The van der Waals surface area contributed by atoms with E-state index in [1.807, 2.05) is 13.8 Å². The highest BCUT2D eigenvalue weighted by Gasteiger charge is 2.39. The van der Waals surface area contributed by atoms with E-state index in [9.17, 15) is 4.79 Å². The molecule has 0 aromatic carbocycles. The van der Waals surface area contributed by atoms with Crippen molar-refractivity contribution in [2.24, 2.45) is 23.2 Å². The highest BCUT2D eigenvalue weighted by molar-refractivity contribution is 5.74. The zero-order valence-electron chi connectivity index (χ0n) is 10.4. The van der Waals surface area contributed by atoms with Crippen LogP contribution in [0.2, 0.25) is 0 Å². The topological polar surface area (TPSA) is 37.3 Å². The number of carbonyl (C=O) groups is 1. The van der Waals surface area contributed by atoms with Gasteiger partial charge < -0.3 is 5.11 Å². The van der Waals surface area contributed by atoms with Crippen LogP contribution in [-0.2, 0) is 4.79 Å². The van der Waals surface area contributed by atoms with Crippen LogP contribution >= 0.6 is 0 Å². The minimum Gasteiger partial charge on any atom is -0.481 e. The maximum atomic E-state index is 11.1. The lowest BCUT2D eigenvalue weighted by Gasteiger charge is -2.37. The summed E-state index contributed by atoms with van der Waals surface area (Å²) >= 11 is 0. The molecule has 0 heterocycles. The fourth-order valence-electron chi connectivity index (χ4n) is 2.68. The first-order valence-electron chi connectivity index (χ1n) is 6.09. The van der Waals surface area contributed by atoms with Gasteiger partial charge in [0.1, 0.15) is 0 Å². The van der Waals surface area contributed by atoms with Gasteiger partial charge in [-0.25, -0.2) is 0 Å². The molecule has 1 aliphatic carbocycles. The molecule has 2 nitrogen and oxygen atoms in total. The monoisotopic (exact) mass is 212 g/mol. The van der Waals surface area contributed by atoms with E-state index in [0.29, 0.717) is 5.92 Å². The Balaban J connectivity index is 2.54. The molecule has 0 aromatic rings. The van der Waals surface area contributed by atoms with Crippen LogP contribution in [0, 0.1) is 23.2 Å². The lowest BCUT2D eigenvalue weighted by molar-refractivity contribution is -0.151. The minimum atomic E-state index is -0.643. The first kappa shape index (κ1) is 12.5. The molecular formula is C13H24O2. The summed E-state index contributed by atoms with van der Waals surface area (Å²) < 4.78 is 0. The van der Waals surface area contributed by atoms with Gasteiger partial charge in [0.2, 0.25) is 0 Å². The van der Waals surface area contributed by atoms with E-state index in [-0.39, 0.29) is 0 Å². The molecule has 15 heavy (non-hydrogen) atoms. The van der Waals surface area contributed by atoms with Crippen molar-refractivity contribution in [2.75, 3.05) is 0 Å². The van der Waals surface area contributed by atoms with E-state index >= 15 is 0 Å². The van der Waals surface area contributed by atoms with Crippen LogP contribution in [-0.4, -0.2) is 11.1 Å². The van der Waals surface area contributed by atoms with Gasteiger partial charge in [0.25, 0.3) is 0 Å². The smallest absolute Gasteiger partial charge is 0.309 e. The predicted octanol–water partition coefficient (Wildman–Crippen LogP) is 3.56. The van der Waals surface area contributed by atoms with Gasteiger partial charge in [-0.15, -0.1) is 0 Å². The van der Waals surface area contributed by atoms with Crippen molar-refractivity contribution in [3.05, 3.63) is 0 Å². The summed E-state index contributed by atoms with van der Waals surface area (Å²) in [6.07, 6.45) is 4.59. The van der Waals surface area contributed by atoms with E-state index in [4.69, 9.17) is 5.11 Å². The van der Waals surface area contributed by atoms with Gasteiger partial charge in [-0.2, -0.15) is 0 Å². The van der Waals surface area contributed by atoms with E-state index in [0.717, 1.165) is 24.7 Å². The van der Waals surface area contributed by atoms with Gasteiger partial charge in [0.15, 0.2) is 0 Å². The Morgan fingerprint density at radius 2 is 1.67 bits per heavy atom. The zero-order chi connectivity index (χ0) is 11.6. The van der Waals surface area contributed by atoms with Crippen molar-refractivity contribution >= 4 is 5.97 Å². The molecule has 1 rings (SSSR count). The Morgan fingerprint density at radius 3 is 2.00 bits per heavy atom. The highest BCUT2D eigenvalue weighted by Crippen LogP contribution is 2.42. The number of carboxylic acid groups (broad SMARTS) is 1. The summed E-state index contributed by atoms with van der Waals surface area (Å²) in [6.45, 7) is 8.28. The summed E-state index contributed by atoms with van der Waals surface area (Å²) in [5.41, 5.74) is -0.540. The number of aliphatic carboxylic acids is 1. The Hall–Kier alpha value is -0.530. The number of carboxylic acids is 1. The molecule has 0 radical (unpaired) electrons. The molecule has 1 fully saturated rings. The Morgan fingerprint density at radius 1 is 1.20 bits per heavy atom. The Bertz CT molecular complexity index is 223. The third kappa shape index (κ3) is 2.73. The van der Waals surface area contributed by atoms with Gasteiger partial charge in [0, 0.05) is 0 Å². The standard InChI is InChI=1S/C13H24O2/c1-9(2)10-5-7-11(8-6-10)13(3,4)12(14)15/h9-11H,5-8H2,1-4H3,(H,14,15). The molecular weight excluding hydrogens is 188 g/mol. The second-order valence-corrected chi connectivity index (χ2v) is 5.88. The molecule has 0 bridgehead atoms. The minimum absolute atomic E-state index is 0.366. The van der Waals surface area contributed by atoms with Crippen LogP contribution in [0.5, 0.6) is 0 Å². The summed E-state index contributed by atoms with van der Waals surface area (Å²) in [5, 5.41) is 9.17. The summed E-state index contributed by atoms with van der Waals surface area (Å²) in [4.78, 5) is 11.1. The van der Waals surface area contributed by atoms with Crippen LogP contribution in [0.25, 0.3) is 0 Å². The molecule has 1 N–H and O–H groups in total. The van der Waals surface area contributed by atoms with Gasteiger partial charge in [-0.3, -0.25) is 4.79 Å². The average Bonchev–Trinajstić information content (AvgIpc) is 2.17. The van der Waals surface area contributed by atoms with Crippen molar-refractivity contribution in [2.45, 2.75) is 53.4 Å². The van der Waals surface area contributed by atoms with Crippen LogP contribution in [0.15, 0.2) is 0 Å². The SMILES string of the molecule is CC(C)C1CCC(C(C)(C)C(=O)O)CC1. The van der Waals surface area contributed by atoms with Crippen molar-refractivity contribution in [1.29, 1.82) is 0 Å². The Labute approximate surface area is 93.1 Å². The lowest BCUT2D eigenvalue weighted by atomic mass is 9.67. The van der Waals surface area contributed by atoms with Gasteiger partial charge in [0.05, 0.1) is 5.41 Å². The molecule has 0 saturated heterocycles. The molecule has 0 aromatic heterocycles. The van der Waals surface area contributed by atoms with Gasteiger partial charge >= 0.3 is 5.97 Å².